The zero-order valence-electron chi connectivity index (χ0n) is 15.4. The number of rotatable bonds is 5. The van der Waals surface area contributed by atoms with E-state index in [4.69, 9.17) is 15.2 Å². The first-order chi connectivity index (χ1) is 14.4. The minimum absolute atomic E-state index is 0.225. The fourth-order valence-corrected chi connectivity index (χ4v) is 2.73. The second-order valence-corrected chi connectivity index (χ2v) is 6.17. The van der Waals surface area contributed by atoms with E-state index in [0.717, 1.165) is 0 Å². The zero-order chi connectivity index (χ0) is 21.1. The summed E-state index contributed by atoms with van der Waals surface area (Å²) >= 11 is 0. The summed E-state index contributed by atoms with van der Waals surface area (Å²) in [6, 6.07) is 10.5. The number of nitrogens with zero attached hydrogens (tertiary/aromatic N) is 2. The molecule has 0 spiro atoms. The van der Waals surface area contributed by atoms with Gasteiger partial charge in [0.25, 0.3) is 0 Å². The van der Waals surface area contributed by atoms with Crippen molar-refractivity contribution < 1.29 is 27.4 Å². The maximum absolute atomic E-state index is 12.3. The lowest BCUT2D eigenvalue weighted by atomic mass is 10.2. The minimum atomic E-state index is -4.75. The van der Waals surface area contributed by atoms with Crippen molar-refractivity contribution in [2.75, 3.05) is 29.6 Å². The number of nitrogens with two attached hydrogens (primary N) is 1. The van der Waals surface area contributed by atoms with Crippen molar-refractivity contribution in [2.24, 2.45) is 0 Å². The molecule has 1 aromatic heterocycles. The van der Waals surface area contributed by atoms with Crippen molar-refractivity contribution >= 4 is 28.7 Å². The highest BCUT2D eigenvalue weighted by molar-refractivity contribution is 5.80. The van der Waals surface area contributed by atoms with Crippen LogP contribution in [0.3, 0.4) is 0 Å². The number of ether oxygens (including phenoxy) is 3. The smallest absolute Gasteiger partial charge is 0.486 e. The van der Waals surface area contributed by atoms with Gasteiger partial charge in [0, 0.05) is 17.4 Å². The quantitative estimate of drug-likeness (QED) is 0.565. The maximum Gasteiger partial charge on any atom is 0.573 e. The molecular weight excluding hydrogens is 403 g/mol. The van der Waals surface area contributed by atoms with Crippen molar-refractivity contribution in [1.29, 1.82) is 0 Å². The Bertz CT molecular complexity index is 1040. The van der Waals surface area contributed by atoms with Crippen LogP contribution in [0.5, 0.6) is 17.2 Å². The van der Waals surface area contributed by atoms with Crippen molar-refractivity contribution in [3.8, 4) is 17.2 Å². The molecule has 11 heteroatoms. The Morgan fingerprint density at radius 1 is 0.867 bits per heavy atom. The minimum Gasteiger partial charge on any atom is -0.486 e. The molecule has 0 radical (unpaired) electrons. The van der Waals surface area contributed by atoms with Gasteiger partial charge in [-0.3, -0.25) is 0 Å². The number of nitrogen functional groups attached to an aromatic ring is 1. The molecule has 0 saturated heterocycles. The summed E-state index contributed by atoms with van der Waals surface area (Å²) in [5, 5.41) is 6.03. The van der Waals surface area contributed by atoms with Gasteiger partial charge in [0.1, 0.15) is 31.0 Å². The summed E-state index contributed by atoms with van der Waals surface area (Å²) in [6.07, 6.45) is -3.44. The van der Waals surface area contributed by atoms with E-state index in [1.807, 2.05) is 0 Å². The van der Waals surface area contributed by atoms with Gasteiger partial charge in [-0.05, 0) is 36.4 Å². The van der Waals surface area contributed by atoms with Gasteiger partial charge < -0.3 is 30.6 Å². The van der Waals surface area contributed by atoms with Crippen LogP contribution in [0.25, 0.3) is 0 Å². The molecule has 4 rings (SSSR count). The van der Waals surface area contributed by atoms with Gasteiger partial charge in [-0.2, -0.15) is 0 Å². The monoisotopic (exact) mass is 419 g/mol. The van der Waals surface area contributed by atoms with Crippen LogP contribution in [0.2, 0.25) is 0 Å². The third-order valence-electron chi connectivity index (χ3n) is 4.04. The number of aromatic nitrogens is 2. The lowest BCUT2D eigenvalue weighted by Crippen LogP contribution is -2.17. The average molecular weight is 419 g/mol. The Balaban J connectivity index is 1.49. The number of nitrogens with one attached hydrogen (secondary N) is 2. The molecule has 0 amide bonds. The van der Waals surface area contributed by atoms with Gasteiger partial charge in [-0.1, -0.05) is 0 Å². The van der Waals surface area contributed by atoms with Crippen LogP contribution in [0, 0.1) is 0 Å². The number of benzene rings is 2. The van der Waals surface area contributed by atoms with Crippen LogP contribution in [0.15, 0.2) is 48.8 Å². The van der Waals surface area contributed by atoms with E-state index in [2.05, 4.69) is 25.3 Å². The molecule has 1 aliphatic rings. The Morgan fingerprint density at radius 2 is 1.47 bits per heavy atom. The van der Waals surface area contributed by atoms with Crippen LogP contribution in [-0.2, 0) is 0 Å². The first-order valence-corrected chi connectivity index (χ1v) is 8.77. The molecule has 1 aliphatic heterocycles. The zero-order valence-corrected chi connectivity index (χ0v) is 15.4. The van der Waals surface area contributed by atoms with Gasteiger partial charge in [-0.15, -0.1) is 13.2 Å². The summed E-state index contributed by atoms with van der Waals surface area (Å²) in [5.74, 6) is 1.57. The number of anilines is 5. The Hall–Kier alpha value is -3.89. The summed E-state index contributed by atoms with van der Waals surface area (Å²) in [6.45, 7) is 0.962. The standard InChI is InChI=1S/C19H16F3N5O3/c20-19(21,22)30-13-4-1-11(2-5-13)26-17-16(23)18(25-10-24-17)27-12-3-6-14-15(9-12)29-8-7-28-14/h1-6,9-10H,7-8,23H2,(H2,24,25,26,27). The number of alkyl halides is 3. The topological polar surface area (TPSA) is 104 Å². The van der Waals surface area contributed by atoms with Crippen LogP contribution < -0.4 is 30.6 Å². The molecule has 2 heterocycles. The van der Waals surface area contributed by atoms with E-state index in [0.29, 0.717) is 41.9 Å². The normalized spacial score (nSPS) is 12.9. The fourth-order valence-electron chi connectivity index (χ4n) is 2.73. The summed E-state index contributed by atoms with van der Waals surface area (Å²) < 4.78 is 51.7. The lowest BCUT2D eigenvalue weighted by Gasteiger charge is -2.19. The van der Waals surface area contributed by atoms with Crippen LogP contribution in [0.4, 0.5) is 41.9 Å². The second kappa shape index (κ2) is 7.85. The molecule has 0 saturated carbocycles. The molecule has 0 unspecified atom stereocenters. The highest BCUT2D eigenvalue weighted by Crippen LogP contribution is 2.35. The second-order valence-electron chi connectivity index (χ2n) is 6.17. The van der Waals surface area contributed by atoms with E-state index in [1.165, 1.54) is 30.6 Å². The number of halogens is 3. The van der Waals surface area contributed by atoms with Gasteiger partial charge in [-0.25, -0.2) is 9.97 Å². The molecule has 0 bridgehead atoms. The molecule has 3 aromatic rings. The van der Waals surface area contributed by atoms with Crippen LogP contribution in [-0.4, -0.2) is 29.5 Å². The average Bonchev–Trinajstić information content (AvgIpc) is 2.71. The predicted molar refractivity (Wildman–Crippen MR) is 104 cm³/mol. The highest BCUT2D eigenvalue weighted by Gasteiger charge is 2.31. The Labute approximate surface area is 168 Å². The highest BCUT2D eigenvalue weighted by atomic mass is 19.4. The third kappa shape index (κ3) is 4.57. The van der Waals surface area contributed by atoms with Gasteiger partial charge in [0.2, 0.25) is 0 Å². The van der Waals surface area contributed by atoms with Crippen molar-refractivity contribution in [3.63, 3.8) is 0 Å². The molecular formula is C19H16F3N5O3. The van der Waals surface area contributed by atoms with Gasteiger partial charge >= 0.3 is 6.36 Å². The van der Waals surface area contributed by atoms with Crippen molar-refractivity contribution in [2.45, 2.75) is 6.36 Å². The predicted octanol–water partition coefficient (Wildman–Crippen LogP) is 4.22. The Morgan fingerprint density at radius 3 is 2.13 bits per heavy atom. The van der Waals surface area contributed by atoms with Gasteiger partial charge in [0.15, 0.2) is 23.1 Å². The largest absolute Gasteiger partial charge is 0.573 e. The van der Waals surface area contributed by atoms with Gasteiger partial charge in [0.05, 0.1) is 0 Å². The van der Waals surface area contributed by atoms with Crippen molar-refractivity contribution in [3.05, 3.63) is 48.8 Å². The number of fused-ring (bicyclic) bond motifs is 1. The summed E-state index contributed by atoms with van der Waals surface area (Å²) in [5.41, 5.74) is 7.53. The third-order valence-corrected chi connectivity index (χ3v) is 4.04. The van der Waals surface area contributed by atoms with E-state index in [9.17, 15) is 13.2 Å². The first kappa shape index (κ1) is 19.4. The van der Waals surface area contributed by atoms with E-state index in [1.54, 1.807) is 18.2 Å². The lowest BCUT2D eigenvalue weighted by molar-refractivity contribution is -0.274. The van der Waals surface area contributed by atoms with E-state index < -0.39 is 6.36 Å². The first-order valence-electron chi connectivity index (χ1n) is 8.77. The summed E-state index contributed by atoms with van der Waals surface area (Å²) in [4.78, 5) is 8.22. The van der Waals surface area contributed by atoms with Crippen LogP contribution in [0.1, 0.15) is 0 Å². The fraction of sp³-hybridized carbons (Fsp3) is 0.158. The molecule has 156 valence electrons. The van der Waals surface area contributed by atoms with E-state index >= 15 is 0 Å². The molecule has 4 N–H and O–H groups in total. The molecule has 0 aliphatic carbocycles. The number of hydrogen-bond acceptors (Lipinski definition) is 8. The SMILES string of the molecule is Nc1c(Nc2ccc(OC(F)(F)F)cc2)ncnc1Nc1ccc2c(c1)OCCO2. The van der Waals surface area contributed by atoms with E-state index in [-0.39, 0.29) is 17.3 Å². The molecule has 30 heavy (non-hydrogen) atoms. The van der Waals surface area contributed by atoms with Crippen LogP contribution >= 0.6 is 0 Å². The Kier molecular flexibility index (Phi) is 5.09. The van der Waals surface area contributed by atoms with Crippen molar-refractivity contribution in [1.82, 2.24) is 9.97 Å². The maximum atomic E-state index is 12.3. The summed E-state index contributed by atoms with van der Waals surface area (Å²) in [7, 11) is 0. The molecule has 0 atom stereocenters. The molecule has 8 nitrogen and oxygen atoms in total. The molecule has 0 fully saturated rings. The number of hydrogen-bond donors (Lipinski definition) is 3. The molecule has 2 aromatic carbocycles.